The molecule has 1 fully saturated rings. The van der Waals surface area contributed by atoms with Crippen molar-refractivity contribution >= 4 is 10.9 Å². The van der Waals surface area contributed by atoms with Crippen LogP contribution in [0.1, 0.15) is 24.6 Å². The van der Waals surface area contributed by atoms with Gasteiger partial charge in [-0.2, -0.15) is 13.2 Å². The molecule has 1 aromatic carbocycles. The van der Waals surface area contributed by atoms with Crippen LogP contribution in [0.15, 0.2) is 27.8 Å². The molecule has 1 aromatic heterocycles. The van der Waals surface area contributed by atoms with Crippen LogP contribution in [0.25, 0.3) is 10.9 Å². The van der Waals surface area contributed by atoms with Gasteiger partial charge in [0.15, 0.2) is 0 Å². The third-order valence-corrected chi connectivity index (χ3v) is 3.97. The summed E-state index contributed by atoms with van der Waals surface area (Å²) in [5.41, 5.74) is -2.79. The third-order valence-electron chi connectivity index (χ3n) is 3.97. The van der Waals surface area contributed by atoms with Crippen LogP contribution in [0, 0.1) is 0 Å². The van der Waals surface area contributed by atoms with E-state index in [1.54, 1.807) is 0 Å². The molecule has 118 valence electrons. The van der Waals surface area contributed by atoms with Crippen molar-refractivity contribution in [1.29, 1.82) is 0 Å². The highest BCUT2D eigenvalue weighted by molar-refractivity contribution is 5.82. The van der Waals surface area contributed by atoms with Crippen molar-refractivity contribution in [3.8, 4) is 0 Å². The second-order valence-corrected chi connectivity index (χ2v) is 5.33. The molecule has 2 heterocycles. The lowest BCUT2D eigenvalue weighted by Crippen LogP contribution is -2.44. The zero-order chi connectivity index (χ0) is 16.1. The maximum absolute atomic E-state index is 13.1. The van der Waals surface area contributed by atoms with E-state index >= 15 is 0 Å². The first-order chi connectivity index (χ1) is 10.3. The first-order valence-electron chi connectivity index (χ1n) is 6.87. The number of halogens is 3. The lowest BCUT2D eigenvalue weighted by atomic mass is 10.1. The molecule has 0 bridgehead atoms. The molecule has 0 aliphatic carbocycles. The molecular weight excluding hydrogens is 299 g/mol. The Labute approximate surface area is 123 Å². The van der Waals surface area contributed by atoms with Crippen LogP contribution < -0.4 is 16.6 Å². The van der Waals surface area contributed by atoms with E-state index < -0.39 is 29.2 Å². The normalized spacial score (nSPS) is 19.0. The summed E-state index contributed by atoms with van der Waals surface area (Å²) < 4.78 is 41.3. The van der Waals surface area contributed by atoms with Gasteiger partial charge in [-0.05, 0) is 31.5 Å². The fourth-order valence-electron chi connectivity index (χ4n) is 2.94. The topological polar surface area (TPSA) is 56.0 Å². The van der Waals surface area contributed by atoms with Gasteiger partial charge in [0.1, 0.15) is 0 Å². The summed E-state index contributed by atoms with van der Waals surface area (Å²) in [4.78, 5) is 24.9. The Kier molecular flexibility index (Phi) is 3.36. The number of alkyl halides is 3. The Morgan fingerprint density at radius 3 is 2.59 bits per heavy atom. The van der Waals surface area contributed by atoms with Gasteiger partial charge in [0, 0.05) is 7.05 Å². The van der Waals surface area contributed by atoms with E-state index in [0.717, 1.165) is 21.6 Å². The average Bonchev–Trinajstić information content (AvgIpc) is 2.97. The second-order valence-electron chi connectivity index (χ2n) is 5.33. The Bertz CT molecular complexity index is 845. The van der Waals surface area contributed by atoms with Crippen molar-refractivity contribution in [3.63, 3.8) is 0 Å². The van der Waals surface area contributed by atoms with Gasteiger partial charge in [0.2, 0.25) is 0 Å². The Hall–Kier alpha value is -2.09. The molecule has 1 unspecified atom stereocenters. The Morgan fingerprint density at radius 1 is 1.27 bits per heavy atom. The van der Waals surface area contributed by atoms with E-state index in [1.165, 1.54) is 19.2 Å². The van der Waals surface area contributed by atoms with Gasteiger partial charge in [0.05, 0.1) is 22.6 Å². The maximum Gasteiger partial charge on any atom is 0.418 e. The molecule has 1 atom stereocenters. The third kappa shape index (κ3) is 2.14. The van der Waals surface area contributed by atoms with Crippen LogP contribution in [-0.2, 0) is 13.2 Å². The number of para-hydroxylation sites is 1. The molecule has 2 aromatic rings. The molecule has 5 nitrogen and oxygen atoms in total. The lowest BCUT2D eigenvalue weighted by molar-refractivity contribution is -0.136. The number of benzene rings is 1. The molecule has 8 heteroatoms. The number of rotatable bonds is 1. The SMILES string of the molecule is Cn1c(=O)n(C2CCCN2)c(=O)c2cccc(C(F)(F)F)c21. The van der Waals surface area contributed by atoms with Gasteiger partial charge < -0.3 is 0 Å². The number of nitrogens with zero attached hydrogens (tertiary/aromatic N) is 2. The fraction of sp³-hybridized carbons (Fsp3) is 0.429. The number of aromatic nitrogens is 2. The number of fused-ring (bicyclic) bond motifs is 1. The first kappa shape index (κ1) is 14.8. The highest BCUT2D eigenvalue weighted by Gasteiger charge is 2.34. The summed E-state index contributed by atoms with van der Waals surface area (Å²) in [5.74, 6) is 0. The minimum atomic E-state index is -4.63. The number of nitrogens with one attached hydrogen (secondary N) is 1. The summed E-state index contributed by atoms with van der Waals surface area (Å²) in [6, 6.07) is 3.38. The van der Waals surface area contributed by atoms with E-state index in [9.17, 15) is 22.8 Å². The van der Waals surface area contributed by atoms with Gasteiger partial charge >= 0.3 is 11.9 Å². The predicted octanol–water partition coefficient (Wildman–Crippen LogP) is 1.60. The molecule has 3 rings (SSSR count). The molecule has 1 saturated heterocycles. The summed E-state index contributed by atoms with van der Waals surface area (Å²) in [6.07, 6.45) is -3.70. The average molecular weight is 313 g/mol. The molecule has 1 aliphatic heterocycles. The molecule has 22 heavy (non-hydrogen) atoms. The zero-order valence-corrected chi connectivity index (χ0v) is 11.8. The van der Waals surface area contributed by atoms with Gasteiger partial charge in [-0.15, -0.1) is 0 Å². The van der Waals surface area contributed by atoms with Crippen LogP contribution in [0.3, 0.4) is 0 Å². The van der Waals surface area contributed by atoms with Crippen molar-refractivity contribution in [2.24, 2.45) is 7.05 Å². The molecule has 0 saturated carbocycles. The zero-order valence-electron chi connectivity index (χ0n) is 11.8. The van der Waals surface area contributed by atoms with Crippen LogP contribution in [0.2, 0.25) is 0 Å². The summed E-state index contributed by atoms with van der Waals surface area (Å²) in [7, 11) is 1.25. The molecule has 1 N–H and O–H groups in total. The van der Waals surface area contributed by atoms with Crippen molar-refractivity contribution in [1.82, 2.24) is 14.5 Å². The number of hydrogen-bond acceptors (Lipinski definition) is 3. The van der Waals surface area contributed by atoms with Gasteiger partial charge in [-0.25, -0.2) is 9.36 Å². The number of hydrogen-bond donors (Lipinski definition) is 1. The molecule has 1 aliphatic rings. The van der Waals surface area contributed by atoms with Crippen molar-refractivity contribution in [2.75, 3.05) is 6.54 Å². The summed E-state index contributed by atoms with van der Waals surface area (Å²) in [5, 5.41) is 2.91. The van der Waals surface area contributed by atoms with E-state index in [-0.39, 0.29) is 10.9 Å². The smallest absolute Gasteiger partial charge is 0.297 e. The largest absolute Gasteiger partial charge is 0.418 e. The van der Waals surface area contributed by atoms with E-state index in [2.05, 4.69) is 5.32 Å². The van der Waals surface area contributed by atoms with E-state index in [1.807, 2.05) is 0 Å². The fourth-order valence-corrected chi connectivity index (χ4v) is 2.94. The van der Waals surface area contributed by atoms with Crippen LogP contribution in [0.4, 0.5) is 13.2 Å². The summed E-state index contributed by atoms with van der Waals surface area (Å²) >= 11 is 0. The molecule has 0 spiro atoms. The highest BCUT2D eigenvalue weighted by atomic mass is 19.4. The molecule has 0 amide bonds. The summed E-state index contributed by atoms with van der Waals surface area (Å²) in [6.45, 7) is 0.668. The van der Waals surface area contributed by atoms with E-state index in [4.69, 9.17) is 0 Å². The predicted molar refractivity (Wildman–Crippen MR) is 74.7 cm³/mol. The monoisotopic (exact) mass is 313 g/mol. The Morgan fingerprint density at radius 2 is 2.00 bits per heavy atom. The van der Waals surface area contributed by atoms with Crippen molar-refractivity contribution in [2.45, 2.75) is 25.2 Å². The molecular formula is C14H14F3N3O2. The maximum atomic E-state index is 13.1. The Balaban J connectivity index is 2.42. The minimum Gasteiger partial charge on any atom is -0.297 e. The van der Waals surface area contributed by atoms with Crippen molar-refractivity contribution < 1.29 is 13.2 Å². The van der Waals surface area contributed by atoms with Crippen LogP contribution >= 0.6 is 0 Å². The van der Waals surface area contributed by atoms with Gasteiger partial charge in [-0.3, -0.25) is 14.7 Å². The minimum absolute atomic E-state index is 0.106. The quantitative estimate of drug-likeness (QED) is 0.870. The number of aryl methyl sites for hydroxylation is 1. The van der Waals surface area contributed by atoms with E-state index in [0.29, 0.717) is 13.0 Å². The second kappa shape index (κ2) is 4.98. The highest BCUT2D eigenvalue weighted by Crippen LogP contribution is 2.33. The lowest BCUT2D eigenvalue weighted by Gasteiger charge is -2.18. The van der Waals surface area contributed by atoms with Crippen LogP contribution in [0.5, 0.6) is 0 Å². The van der Waals surface area contributed by atoms with Crippen LogP contribution in [-0.4, -0.2) is 15.7 Å². The molecule has 0 radical (unpaired) electrons. The van der Waals surface area contributed by atoms with Crippen molar-refractivity contribution in [3.05, 3.63) is 44.6 Å². The first-order valence-corrected chi connectivity index (χ1v) is 6.87. The van der Waals surface area contributed by atoms with Gasteiger partial charge in [0.25, 0.3) is 5.56 Å². The van der Waals surface area contributed by atoms with Gasteiger partial charge in [-0.1, -0.05) is 6.07 Å². The standard InChI is InChI=1S/C14H14F3N3O2/c1-19-11-8(4-2-5-9(11)14(15,16)17)12(21)20(13(19)22)10-6-3-7-18-10/h2,4-5,10,18H,3,6-7H2,1H3.